The van der Waals surface area contributed by atoms with E-state index in [9.17, 15) is 23.7 Å². The maximum Gasteiger partial charge on any atom is 0.305 e. The van der Waals surface area contributed by atoms with Crippen molar-refractivity contribution in [2.75, 3.05) is 0 Å². The van der Waals surface area contributed by atoms with Crippen LogP contribution in [-0.2, 0) is 0 Å². The number of halogens is 2. The fourth-order valence-corrected chi connectivity index (χ4v) is 1.54. The zero-order valence-corrected chi connectivity index (χ0v) is 9.65. The molecule has 2 aromatic rings. The number of nitrogens with zero attached hydrogens (tertiary/aromatic N) is 1. The zero-order chi connectivity index (χ0) is 14.2. The average Bonchev–Trinajstić information content (AvgIpc) is 2.77. The Morgan fingerprint density at radius 1 is 1.26 bits per heavy atom. The van der Waals surface area contributed by atoms with E-state index in [4.69, 9.17) is 4.42 Å². The summed E-state index contributed by atoms with van der Waals surface area (Å²) < 4.78 is 31.8. The number of hydrogen-bond acceptors (Lipinski definition) is 4. The molecule has 0 saturated carbocycles. The van der Waals surface area contributed by atoms with Crippen LogP contribution < -0.4 is 0 Å². The molecule has 0 spiro atoms. The predicted octanol–water partition coefficient (Wildman–Crippen LogP) is 3.34. The normalized spacial score (nSPS) is 10.5. The van der Waals surface area contributed by atoms with Gasteiger partial charge in [0.2, 0.25) is 5.82 Å². The standard InChI is InChI=1S/C12H7F2NO4/c1-6(16)11-2-3-12(19-11)7-4-10(15(17)18)9(14)5-8(7)13/h2-5H,1H3. The molecule has 0 radical (unpaired) electrons. The van der Waals surface area contributed by atoms with Crippen LogP contribution in [0.4, 0.5) is 14.5 Å². The van der Waals surface area contributed by atoms with Crippen molar-refractivity contribution >= 4 is 11.5 Å². The highest BCUT2D eigenvalue weighted by Crippen LogP contribution is 2.30. The monoisotopic (exact) mass is 267 g/mol. The SMILES string of the molecule is CC(=O)c1ccc(-c2cc([N+](=O)[O-])c(F)cc2F)o1. The molecule has 0 N–H and O–H groups in total. The Morgan fingerprint density at radius 3 is 2.47 bits per heavy atom. The summed E-state index contributed by atoms with van der Waals surface area (Å²) in [5.74, 6) is -2.74. The van der Waals surface area contributed by atoms with Gasteiger partial charge in [0.1, 0.15) is 11.6 Å². The molecule has 1 heterocycles. The predicted molar refractivity (Wildman–Crippen MR) is 60.7 cm³/mol. The van der Waals surface area contributed by atoms with Crippen molar-refractivity contribution in [3.8, 4) is 11.3 Å². The summed E-state index contributed by atoms with van der Waals surface area (Å²) in [5, 5.41) is 10.6. The third kappa shape index (κ3) is 2.35. The van der Waals surface area contributed by atoms with E-state index in [1.807, 2.05) is 0 Å². The summed E-state index contributed by atoms with van der Waals surface area (Å²) in [6.45, 7) is 1.26. The Bertz CT molecular complexity index is 678. The fourth-order valence-electron chi connectivity index (χ4n) is 1.54. The van der Waals surface area contributed by atoms with Crippen LogP contribution in [-0.4, -0.2) is 10.7 Å². The smallest absolute Gasteiger partial charge is 0.305 e. The van der Waals surface area contributed by atoms with Gasteiger partial charge >= 0.3 is 5.69 Å². The van der Waals surface area contributed by atoms with Gasteiger partial charge in [0.15, 0.2) is 11.5 Å². The van der Waals surface area contributed by atoms with Crippen molar-refractivity contribution in [1.29, 1.82) is 0 Å². The van der Waals surface area contributed by atoms with Crippen molar-refractivity contribution in [2.45, 2.75) is 6.92 Å². The van der Waals surface area contributed by atoms with Crippen LogP contribution in [0.25, 0.3) is 11.3 Å². The first-order valence-electron chi connectivity index (χ1n) is 5.14. The van der Waals surface area contributed by atoms with Gasteiger partial charge in [-0.25, -0.2) is 4.39 Å². The van der Waals surface area contributed by atoms with Gasteiger partial charge in [0, 0.05) is 19.1 Å². The van der Waals surface area contributed by atoms with Crippen LogP contribution in [0.3, 0.4) is 0 Å². The third-order valence-corrected chi connectivity index (χ3v) is 2.45. The number of carbonyl (C=O) groups excluding carboxylic acids is 1. The zero-order valence-electron chi connectivity index (χ0n) is 9.65. The van der Waals surface area contributed by atoms with Crippen LogP contribution in [0.5, 0.6) is 0 Å². The van der Waals surface area contributed by atoms with E-state index in [1.54, 1.807) is 0 Å². The highest BCUT2D eigenvalue weighted by atomic mass is 19.1. The Balaban J connectivity index is 2.57. The Kier molecular flexibility index (Phi) is 3.12. The first-order valence-corrected chi connectivity index (χ1v) is 5.14. The van der Waals surface area contributed by atoms with E-state index < -0.39 is 22.2 Å². The van der Waals surface area contributed by atoms with Crippen LogP contribution in [0.2, 0.25) is 0 Å². The van der Waals surface area contributed by atoms with E-state index in [1.165, 1.54) is 19.1 Å². The lowest BCUT2D eigenvalue weighted by Gasteiger charge is -2.01. The van der Waals surface area contributed by atoms with Gasteiger partial charge in [-0.2, -0.15) is 4.39 Å². The third-order valence-electron chi connectivity index (χ3n) is 2.45. The lowest BCUT2D eigenvalue weighted by molar-refractivity contribution is -0.387. The van der Waals surface area contributed by atoms with Gasteiger partial charge in [-0.15, -0.1) is 0 Å². The molecule has 5 nitrogen and oxygen atoms in total. The lowest BCUT2D eigenvalue weighted by atomic mass is 10.1. The Labute approximate surface area is 105 Å². The second-order valence-corrected chi connectivity index (χ2v) is 3.76. The van der Waals surface area contributed by atoms with Crippen LogP contribution in [0.15, 0.2) is 28.7 Å². The van der Waals surface area contributed by atoms with E-state index in [-0.39, 0.29) is 22.9 Å². The van der Waals surface area contributed by atoms with E-state index in [0.29, 0.717) is 6.07 Å². The van der Waals surface area contributed by atoms with Crippen molar-refractivity contribution in [3.63, 3.8) is 0 Å². The first-order chi connectivity index (χ1) is 8.90. The number of carbonyl (C=O) groups is 1. The first kappa shape index (κ1) is 12.9. The summed E-state index contributed by atoms with van der Waals surface area (Å²) >= 11 is 0. The van der Waals surface area contributed by atoms with E-state index in [2.05, 4.69) is 0 Å². The molecule has 0 aliphatic heterocycles. The highest BCUT2D eigenvalue weighted by molar-refractivity contribution is 5.91. The molecular weight excluding hydrogens is 260 g/mol. The second-order valence-electron chi connectivity index (χ2n) is 3.76. The van der Waals surface area contributed by atoms with Gasteiger partial charge in [-0.3, -0.25) is 14.9 Å². The van der Waals surface area contributed by atoms with Crippen molar-refractivity contribution < 1.29 is 22.9 Å². The molecule has 7 heteroatoms. The highest BCUT2D eigenvalue weighted by Gasteiger charge is 2.21. The largest absolute Gasteiger partial charge is 0.453 e. The maximum absolute atomic E-state index is 13.6. The number of Topliss-reactive ketones (excluding diaryl/α,β-unsaturated/α-hetero) is 1. The molecule has 0 amide bonds. The van der Waals surface area contributed by atoms with Crippen LogP contribution >= 0.6 is 0 Å². The van der Waals surface area contributed by atoms with E-state index in [0.717, 1.165) is 6.07 Å². The van der Waals surface area contributed by atoms with Gasteiger partial charge < -0.3 is 4.42 Å². The number of hydrogen-bond donors (Lipinski definition) is 0. The number of ketones is 1. The number of nitro groups is 1. The van der Waals surface area contributed by atoms with Gasteiger partial charge in [0.05, 0.1) is 10.5 Å². The van der Waals surface area contributed by atoms with Gasteiger partial charge in [-0.1, -0.05) is 0 Å². The summed E-state index contributed by atoms with van der Waals surface area (Å²) in [6.07, 6.45) is 0. The summed E-state index contributed by atoms with van der Waals surface area (Å²) in [5.41, 5.74) is -1.14. The fraction of sp³-hybridized carbons (Fsp3) is 0.0833. The Hall–Kier alpha value is -2.57. The number of nitro benzene ring substituents is 1. The molecule has 19 heavy (non-hydrogen) atoms. The number of rotatable bonds is 3. The minimum absolute atomic E-state index is 0.0126. The van der Waals surface area contributed by atoms with Crippen LogP contribution in [0, 0.1) is 21.7 Å². The minimum Gasteiger partial charge on any atom is -0.453 e. The molecule has 0 fully saturated rings. The molecule has 0 aliphatic carbocycles. The molecule has 0 bridgehead atoms. The molecule has 0 aliphatic rings. The number of furan rings is 1. The minimum atomic E-state index is -1.27. The summed E-state index contributed by atoms with van der Waals surface area (Å²) in [4.78, 5) is 20.7. The number of benzene rings is 1. The maximum atomic E-state index is 13.6. The topological polar surface area (TPSA) is 73.3 Å². The van der Waals surface area contributed by atoms with Gasteiger partial charge in [-0.05, 0) is 12.1 Å². The molecule has 0 unspecified atom stereocenters. The van der Waals surface area contributed by atoms with Crippen molar-refractivity contribution in [2.24, 2.45) is 0 Å². The second kappa shape index (κ2) is 4.60. The summed E-state index contributed by atoms with van der Waals surface area (Å²) in [6, 6.07) is 3.74. The molecule has 0 saturated heterocycles. The molecule has 1 aromatic heterocycles. The Morgan fingerprint density at radius 2 is 1.95 bits per heavy atom. The lowest BCUT2D eigenvalue weighted by Crippen LogP contribution is -1.95. The molecular formula is C12H7F2NO4. The average molecular weight is 267 g/mol. The van der Waals surface area contributed by atoms with Crippen LogP contribution in [0.1, 0.15) is 17.5 Å². The van der Waals surface area contributed by atoms with Crippen molar-refractivity contribution in [3.05, 3.63) is 51.8 Å². The summed E-state index contributed by atoms with van der Waals surface area (Å²) in [7, 11) is 0. The quantitative estimate of drug-likeness (QED) is 0.485. The molecule has 98 valence electrons. The van der Waals surface area contributed by atoms with E-state index >= 15 is 0 Å². The molecule has 1 aromatic carbocycles. The van der Waals surface area contributed by atoms with Gasteiger partial charge in [0.25, 0.3) is 0 Å². The molecule has 2 rings (SSSR count). The molecule has 0 atom stereocenters. The van der Waals surface area contributed by atoms with Crippen molar-refractivity contribution in [1.82, 2.24) is 0 Å².